The van der Waals surface area contributed by atoms with Gasteiger partial charge in [-0.15, -0.1) is 11.3 Å². The van der Waals surface area contributed by atoms with E-state index in [1.165, 1.54) is 11.3 Å². The van der Waals surface area contributed by atoms with Gasteiger partial charge in [0, 0.05) is 13.1 Å². The number of primary amides is 1. The zero-order valence-electron chi connectivity index (χ0n) is 13.3. The number of carbonyl (C=O) groups excluding carboxylic acids is 1. The standard InChI is InChI=1S/C16H22N4O2S/c1-11-9-23-15-13(11)16(22)20(10-18-15)7-3-6-19-5-2-4-12(8-19)14(17)21/h9-10,12H,2-8H2,1H3,(H2,17,21). The SMILES string of the molecule is Cc1csc2ncn(CCCN3CCCC(C(N)=O)C3)c(=O)c12. The maximum atomic E-state index is 12.5. The lowest BCUT2D eigenvalue weighted by Gasteiger charge is -2.31. The zero-order valence-corrected chi connectivity index (χ0v) is 14.1. The summed E-state index contributed by atoms with van der Waals surface area (Å²) in [6.45, 7) is 5.21. The lowest BCUT2D eigenvalue weighted by Crippen LogP contribution is -2.41. The number of carbonyl (C=O) groups is 1. The Morgan fingerprint density at radius 3 is 3.09 bits per heavy atom. The summed E-state index contributed by atoms with van der Waals surface area (Å²) in [5, 5.41) is 2.71. The molecular formula is C16H22N4O2S. The highest BCUT2D eigenvalue weighted by Gasteiger charge is 2.23. The Kier molecular flexibility index (Phi) is 4.77. The van der Waals surface area contributed by atoms with E-state index in [2.05, 4.69) is 9.88 Å². The van der Waals surface area contributed by atoms with Gasteiger partial charge in [0.1, 0.15) is 4.83 Å². The summed E-state index contributed by atoms with van der Waals surface area (Å²) in [4.78, 5) is 31.3. The van der Waals surface area contributed by atoms with Gasteiger partial charge in [0.15, 0.2) is 0 Å². The third-order valence-electron chi connectivity index (χ3n) is 4.53. The van der Waals surface area contributed by atoms with Crippen LogP contribution in [0.25, 0.3) is 10.2 Å². The summed E-state index contributed by atoms with van der Waals surface area (Å²) in [7, 11) is 0. The average Bonchev–Trinajstić information content (AvgIpc) is 2.92. The molecule has 0 radical (unpaired) electrons. The van der Waals surface area contributed by atoms with E-state index in [0.29, 0.717) is 6.54 Å². The number of amides is 1. The van der Waals surface area contributed by atoms with Crippen LogP contribution in [0.4, 0.5) is 0 Å². The van der Waals surface area contributed by atoms with Crippen molar-refractivity contribution in [2.75, 3.05) is 19.6 Å². The molecule has 0 aliphatic carbocycles. The van der Waals surface area contributed by atoms with E-state index in [-0.39, 0.29) is 17.4 Å². The Hall–Kier alpha value is -1.73. The van der Waals surface area contributed by atoms with E-state index in [0.717, 1.165) is 54.7 Å². The van der Waals surface area contributed by atoms with Gasteiger partial charge in [-0.2, -0.15) is 0 Å². The van der Waals surface area contributed by atoms with Gasteiger partial charge < -0.3 is 10.6 Å². The first-order chi connectivity index (χ1) is 11.1. The molecular weight excluding hydrogens is 312 g/mol. The van der Waals surface area contributed by atoms with Crippen molar-refractivity contribution in [3.8, 4) is 0 Å². The van der Waals surface area contributed by atoms with Crippen LogP contribution < -0.4 is 11.3 Å². The van der Waals surface area contributed by atoms with Crippen molar-refractivity contribution in [2.45, 2.75) is 32.7 Å². The predicted octanol–water partition coefficient (Wildman–Crippen LogP) is 1.35. The molecule has 0 spiro atoms. The highest BCUT2D eigenvalue weighted by Crippen LogP contribution is 2.19. The summed E-state index contributed by atoms with van der Waals surface area (Å²) in [6, 6.07) is 0. The first kappa shape index (κ1) is 16.1. The minimum atomic E-state index is -0.200. The highest BCUT2D eigenvalue weighted by molar-refractivity contribution is 7.16. The van der Waals surface area contributed by atoms with Crippen LogP contribution in [0.1, 0.15) is 24.8 Å². The fraction of sp³-hybridized carbons (Fsp3) is 0.562. The summed E-state index contributed by atoms with van der Waals surface area (Å²) < 4.78 is 1.69. The molecule has 2 N–H and O–H groups in total. The molecule has 23 heavy (non-hydrogen) atoms. The number of likely N-dealkylation sites (tertiary alicyclic amines) is 1. The molecule has 1 aliphatic rings. The number of piperidine rings is 1. The summed E-state index contributed by atoms with van der Waals surface area (Å²) in [5.74, 6) is -0.230. The first-order valence-corrected chi connectivity index (χ1v) is 8.89. The van der Waals surface area contributed by atoms with Crippen molar-refractivity contribution in [1.82, 2.24) is 14.5 Å². The smallest absolute Gasteiger partial charge is 0.262 e. The molecule has 124 valence electrons. The van der Waals surface area contributed by atoms with Crippen LogP contribution in [0.15, 0.2) is 16.5 Å². The second-order valence-corrected chi connectivity index (χ2v) is 7.10. The van der Waals surface area contributed by atoms with Crippen molar-refractivity contribution in [1.29, 1.82) is 0 Å². The van der Waals surface area contributed by atoms with Gasteiger partial charge in [-0.25, -0.2) is 4.98 Å². The fourth-order valence-corrected chi connectivity index (χ4v) is 4.10. The molecule has 0 bridgehead atoms. The van der Waals surface area contributed by atoms with E-state index >= 15 is 0 Å². The topological polar surface area (TPSA) is 81.2 Å². The Morgan fingerprint density at radius 2 is 2.30 bits per heavy atom. The molecule has 2 aromatic rings. The second kappa shape index (κ2) is 6.80. The van der Waals surface area contributed by atoms with E-state index in [1.54, 1.807) is 10.9 Å². The monoisotopic (exact) mass is 334 g/mol. The van der Waals surface area contributed by atoms with Crippen LogP contribution in [0.3, 0.4) is 0 Å². The van der Waals surface area contributed by atoms with Crippen molar-refractivity contribution in [3.05, 3.63) is 27.6 Å². The molecule has 0 aromatic carbocycles. The summed E-state index contributed by atoms with van der Waals surface area (Å²) in [6.07, 6.45) is 4.41. The minimum Gasteiger partial charge on any atom is -0.369 e. The van der Waals surface area contributed by atoms with Gasteiger partial charge in [0.25, 0.3) is 5.56 Å². The number of aryl methyl sites for hydroxylation is 2. The van der Waals surface area contributed by atoms with Crippen LogP contribution in [0.2, 0.25) is 0 Å². The molecule has 1 amide bonds. The normalized spacial score (nSPS) is 19.3. The van der Waals surface area contributed by atoms with E-state index in [9.17, 15) is 9.59 Å². The molecule has 1 unspecified atom stereocenters. The van der Waals surface area contributed by atoms with Crippen molar-refractivity contribution >= 4 is 27.5 Å². The molecule has 7 heteroatoms. The third-order valence-corrected chi connectivity index (χ3v) is 5.53. The molecule has 3 heterocycles. The zero-order chi connectivity index (χ0) is 16.4. The van der Waals surface area contributed by atoms with Gasteiger partial charge >= 0.3 is 0 Å². The molecule has 1 atom stereocenters. The lowest BCUT2D eigenvalue weighted by molar-refractivity contribution is -0.123. The number of thiophene rings is 1. The third kappa shape index (κ3) is 3.45. The summed E-state index contributed by atoms with van der Waals surface area (Å²) in [5.41, 5.74) is 6.45. The number of aromatic nitrogens is 2. The van der Waals surface area contributed by atoms with Gasteiger partial charge in [-0.1, -0.05) is 0 Å². The quantitative estimate of drug-likeness (QED) is 0.895. The number of fused-ring (bicyclic) bond motifs is 1. The van der Waals surface area contributed by atoms with Crippen LogP contribution in [-0.2, 0) is 11.3 Å². The number of nitrogens with zero attached hydrogens (tertiary/aromatic N) is 3. The Morgan fingerprint density at radius 1 is 1.48 bits per heavy atom. The number of hydrogen-bond donors (Lipinski definition) is 1. The van der Waals surface area contributed by atoms with E-state index in [1.807, 2.05) is 12.3 Å². The van der Waals surface area contributed by atoms with Crippen molar-refractivity contribution in [3.63, 3.8) is 0 Å². The van der Waals surface area contributed by atoms with Gasteiger partial charge in [-0.05, 0) is 50.2 Å². The van der Waals surface area contributed by atoms with Crippen LogP contribution in [0.5, 0.6) is 0 Å². The van der Waals surface area contributed by atoms with Crippen molar-refractivity contribution < 1.29 is 4.79 Å². The van der Waals surface area contributed by atoms with Gasteiger partial charge in [-0.3, -0.25) is 14.2 Å². The fourth-order valence-electron chi connectivity index (χ4n) is 3.22. The van der Waals surface area contributed by atoms with Gasteiger partial charge in [0.05, 0.1) is 17.6 Å². The number of nitrogens with two attached hydrogens (primary N) is 1. The highest BCUT2D eigenvalue weighted by atomic mass is 32.1. The molecule has 6 nitrogen and oxygen atoms in total. The molecule has 1 fully saturated rings. The average molecular weight is 334 g/mol. The second-order valence-electron chi connectivity index (χ2n) is 6.24. The van der Waals surface area contributed by atoms with Gasteiger partial charge in [0.2, 0.25) is 5.91 Å². The minimum absolute atomic E-state index is 0.0297. The maximum absolute atomic E-state index is 12.5. The van der Waals surface area contributed by atoms with Crippen LogP contribution in [-0.4, -0.2) is 40.0 Å². The largest absolute Gasteiger partial charge is 0.369 e. The Bertz CT molecular complexity index is 767. The molecule has 1 aliphatic heterocycles. The van der Waals surface area contributed by atoms with Crippen LogP contribution >= 0.6 is 11.3 Å². The predicted molar refractivity (Wildman–Crippen MR) is 91.6 cm³/mol. The Balaban J connectivity index is 1.61. The van der Waals surface area contributed by atoms with E-state index in [4.69, 9.17) is 5.73 Å². The first-order valence-electron chi connectivity index (χ1n) is 8.01. The number of rotatable bonds is 5. The van der Waals surface area contributed by atoms with E-state index < -0.39 is 0 Å². The van der Waals surface area contributed by atoms with Crippen LogP contribution in [0, 0.1) is 12.8 Å². The molecule has 0 saturated carbocycles. The van der Waals surface area contributed by atoms with Crippen molar-refractivity contribution in [2.24, 2.45) is 11.7 Å². The number of hydrogen-bond acceptors (Lipinski definition) is 5. The molecule has 2 aromatic heterocycles. The Labute approximate surface area is 138 Å². The maximum Gasteiger partial charge on any atom is 0.262 e. The summed E-state index contributed by atoms with van der Waals surface area (Å²) >= 11 is 1.51. The molecule has 3 rings (SSSR count). The lowest BCUT2D eigenvalue weighted by atomic mass is 9.97. The molecule has 1 saturated heterocycles.